The summed E-state index contributed by atoms with van der Waals surface area (Å²) in [6, 6.07) is 18.4. The van der Waals surface area contributed by atoms with Gasteiger partial charge in [-0.05, 0) is 62.2 Å². The van der Waals surface area contributed by atoms with Gasteiger partial charge in [-0.2, -0.15) is 0 Å². The fourth-order valence-electron chi connectivity index (χ4n) is 4.03. The summed E-state index contributed by atoms with van der Waals surface area (Å²) < 4.78 is 22.1. The van der Waals surface area contributed by atoms with Crippen molar-refractivity contribution in [1.29, 1.82) is 0 Å². The molecule has 0 N–H and O–H groups in total. The minimum absolute atomic E-state index is 0.0515. The molecular formula is C28H32N2O6. The van der Waals surface area contributed by atoms with Crippen LogP contribution in [-0.4, -0.2) is 54.7 Å². The number of rotatable bonds is 12. The molecule has 2 amide bonds. The second kappa shape index (κ2) is 12.3. The molecule has 0 atom stereocenters. The van der Waals surface area contributed by atoms with Crippen LogP contribution in [0.4, 0.5) is 0 Å². The van der Waals surface area contributed by atoms with E-state index < -0.39 is 0 Å². The fourth-order valence-corrected chi connectivity index (χ4v) is 4.03. The normalized spacial score (nSPS) is 11.9. The van der Waals surface area contributed by atoms with Crippen molar-refractivity contribution in [1.82, 2.24) is 9.80 Å². The highest BCUT2D eigenvalue weighted by atomic mass is 16.7. The summed E-state index contributed by atoms with van der Waals surface area (Å²) in [4.78, 5) is 30.2. The summed E-state index contributed by atoms with van der Waals surface area (Å²) in [7, 11) is 0. The van der Waals surface area contributed by atoms with Crippen molar-refractivity contribution in [2.75, 3.05) is 33.1 Å². The Morgan fingerprint density at radius 2 is 1.75 bits per heavy atom. The van der Waals surface area contributed by atoms with E-state index >= 15 is 0 Å². The Kier molecular flexibility index (Phi) is 8.62. The van der Waals surface area contributed by atoms with Crippen LogP contribution in [-0.2, 0) is 22.6 Å². The first kappa shape index (κ1) is 25.3. The van der Waals surface area contributed by atoms with E-state index in [0.717, 1.165) is 11.3 Å². The highest BCUT2D eigenvalue weighted by Crippen LogP contribution is 2.33. The molecule has 36 heavy (non-hydrogen) atoms. The van der Waals surface area contributed by atoms with Gasteiger partial charge in [0.1, 0.15) is 18.1 Å². The van der Waals surface area contributed by atoms with Crippen LogP contribution in [0.25, 0.3) is 0 Å². The first-order chi connectivity index (χ1) is 17.5. The Morgan fingerprint density at radius 1 is 0.944 bits per heavy atom. The Balaban J connectivity index is 1.52. The zero-order chi connectivity index (χ0) is 25.3. The number of fused-ring (bicyclic) bond motifs is 1. The molecule has 0 saturated carbocycles. The molecule has 0 fully saturated rings. The Labute approximate surface area is 211 Å². The second-order valence-electron chi connectivity index (χ2n) is 8.59. The largest absolute Gasteiger partial charge is 0.464 e. The maximum absolute atomic E-state index is 13.6. The molecule has 0 unspecified atom stereocenters. The van der Waals surface area contributed by atoms with E-state index in [1.54, 1.807) is 21.9 Å². The van der Waals surface area contributed by atoms with Crippen molar-refractivity contribution in [3.8, 4) is 11.5 Å². The summed E-state index contributed by atoms with van der Waals surface area (Å²) >= 11 is 0. The number of nitrogens with zero attached hydrogens (tertiary/aromatic N) is 2. The highest BCUT2D eigenvalue weighted by molar-refractivity contribution is 5.96. The van der Waals surface area contributed by atoms with Crippen LogP contribution in [0.15, 0.2) is 65.1 Å². The topological polar surface area (TPSA) is 81.5 Å². The predicted molar refractivity (Wildman–Crippen MR) is 134 cm³/mol. The number of ether oxygens (including phenoxy) is 3. The van der Waals surface area contributed by atoms with E-state index in [1.165, 1.54) is 0 Å². The van der Waals surface area contributed by atoms with Crippen LogP contribution in [0.5, 0.6) is 11.5 Å². The molecule has 1 aliphatic heterocycles. The summed E-state index contributed by atoms with van der Waals surface area (Å²) in [6.07, 6.45) is 0.638. The summed E-state index contributed by atoms with van der Waals surface area (Å²) in [5.41, 5.74) is 1.44. The number of carbonyl (C=O) groups excluding carboxylic acids is 2. The van der Waals surface area contributed by atoms with Crippen LogP contribution in [0.2, 0.25) is 0 Å². The van der Waals surface area contributed by atoms with E-state index in [4.69, 9.17) is 18.6 Å². The second-order valence-corrected chi connectivity index (χ2v) is 8.59. The molecular weight excluding hydrogens is 460 g/mol. The van der Waals surface area contributed by atoms with Gasteiger partial charge in [-0.3, -0.25) is 9.59 Å². The molecule has 1 aliphatic rings. The molecule has 8 heteroatoms. The Bertz CT molecular complexity index is 1160. The molecule has 8 nitrogen and oxygen atoms in total. The van der Waals surface area contributed by atoms with E-state index in [0.29, 0.717) is 55.5 Å². The van der Waals surface area contributed by atoms with Gasteiger partial charge in [0.05, 0.1) is 6.54 Å². The van der Waals surface area contributed by atoms with Crippen molar-refractivity contribution in [3.05, 3.63) is 83.3 Å². The van der Waals surface area contributed by atoms with Gasteiger partial charge in [0, 0.05) is 31.9 Å². The van der Waals surface area contributed by atoms with Gasteiger partial charge in [-0.15, -0.1) is 0 Å². The van der Waals surface area contributed by atoms with Crippen LogP contribution in [0, 0.1) is 6.92 Å². The SMILES string of the molecule is CCOCCCN(CC(=O)N(Cc1ccc2c(c1)OCO2)Cc1ccc(C)o1)C(=O)c1ccccc1. The zero-order valence-corrected chi connectivity index (χ0v) is 20.8. The number of carbonyl (C=O) groups is 2. The number of aryl methyl sites for hydroxylation is 1. The lowest BCUT2D eigenvalue weighted by Gasteiger charge is -2.27. The molecule has 0 saturated heterocycles. The standard InChI is InChI=1S/C28H32N2O6/c1-3-33-15-7-14-29(28(32)23-8-5-4-6-9-23)19-27(31)30(18-24-12-10-21(2)36-24)17-22-11-13-25-26(16-22)35-20-34-25/h4-6,8-13,16H,3,7,14-15,17-20H2,1-2H3. The van der Waals surface area contributed by atoms with Gasteiger partial charge < -0.3 is 28.4 Å². The molecule has 0 aliphatic carbocycles. The van der Waals surface area contributed by atoms with Crippen LogP contribution >= 0.6 is 0 Å². The van der Waals surface area contributed by atoms with Crippen molar-refractivity contribution >= 4 is 11.8 Å². The number of hydrogen-bond acceptors (Lipinski definition) is 6. The lowest BCUT2D eigenvalue weighted by Crippen LogP contribution is -2.43. The lowest BCUT2D eigenvalue weighted by molar-refractivity contribution is -0.133. The third kappa shape index (κ3) is 6.66. The minimum atomic E-state index is -0.183. The fraction of sp³-hybridized carbons (Fsp3) is 0.357. The number of hydrogen-bond donors (Lipinski definition) is 0. The Morgan fingerprint density at radius 3 is 2.50 bits per heavy atom. The summed E-state index contributed by atoms with van der Waals surface area (Å²) in [5, 5.41) is 0. The van der Waals surface area contributed by atoms with E-state index in [2.05, 4.69) is 0 Å². The lowest BCUT2D eigenvalue weighted by atomic mass is 10.1. The van der Waals surface area contributed by atoms with Gasteiger partial charge in [0.25, 0.3) is 5.91 Å². The molecule has 0 radical (unpaired) electrons. The van der Waals surface area contributed by atoms with Crippen LogP contribution in [0.3, 0.4) is 0 Å². The van der Waals surface area contributed by atoms with Crippen molar-refractivity contribution in [2.24, 2.45) is 0 Å². The van der Waals surface area contributed by atoms with E-state index in [-0.39, 0.29) is 31.7 Å². The van der Waals surface area contributed by atoms with Crippen molar-refractivity contribution in [3.63, 3.8) is 0 Å². The van der Waals surface area contributed by atoms with E-state index in [1.807, 2.05) is 62.4 Å². The average molecular weight is 493 g/mol. The van der Waals surface area contributed by atoms with Crippen LogP contribution in [0.1, 0.15) is 40.8 Å². The molecule has 2 heterocycles. The molecule has 3 aromatic rings. The monoisotopic (exact) mass is 492 g/mol. The molecule has 2 aromatic carbocycles. The predicted octanol–water partition coefficient (Wildman–Crippen LogP) is 4.41. The number of furan rings is 1. The first-order valence-corrected chi connectivity index (χ1v) is 12.2. The summed E-state index contributed by atoms with van der Waals surface area (Å²) in [6.45, 7) is 6.10. The highest BCUT2D eigenvalue weighted by Gasteiger charge is 2.24. The number of benzene rings is 2. The zero-order valence-electron chi connectivity index (χ0n) is 20.8. The van der Waals surface area contributed by atoms with E-state index in [9.17, 15) is 9.59 Å². The molecule has 190 valence electrons. The third-order valence-corrected chi connectivity index (χ3v) is 5.86. The van der Waals surface area contributed by atoms with Gasteiger partial charge in [0.2, 0.25) is 12.7 Å². The molecule has 1 aromatic heterocycles. The van der Waals surface area contributed by atoms with Crippen molar-refractivity contribution < 1.29 is 28.2 Å². The van der Waals surface area contributed by atoms with Gasteiger partial charge in [0.15, 0.2) is 11.5 Å². The molecule has 0 bridgehead atoms. The quantitative estimate of drug-likeness (QED) is 0.348. The van der Waals surface area contributed by atoms with Crippen molar-refractivity contribution in [2.45, 2.75) is 33.4 Å². The maximum atomic E-state index is 13.6. The maximum Gasteiger partial charge on any atom is 0.254 e. The van der Waals surface area contributed by atoms with Crippen LogP contribution < -0.4 is 9.47 Å². The van der Waals surface area contributed by atoms with Gasteiger partial charge in [-0.25, -0.2) is 0 Å². The number of amides is 2. The Hall–Kier alpha value is -3.78. The smallest absolute Gasteiger partial charge is 0.254 e. The molecule has 4 rings (SSSR count). The van der Waals surface area contributed by atoms with Gasteiger partial charge >= 0.3 is 0 Å². The molecule has 0 spiro atoms. The third-order valence-electron chi connectivity index (χ3n) is 5.86. The first-order valence-electron chi connectivity index (χ1n) is 12.2. The van der Waals surface area contributed by atoms with Gasteiger partial charge in [-0.1, -0.05) is 24.3 Å². The average Bonchev–Trinajstić information content (AvgIpc) is 3.53. The minimum Gasteiger partial charge on any atom is -0.464 e. The summed E-state index contributed by atoms with van der Waals surface area (Å²) in [5.74, 6) is 2.44.